The average Bonchev–Trinajstić information content (AvgIpc) is 3.05. The Kier molecular flexibility index (Phi) is 5.35. The highest BCUT2D eigenvalue weighted by Gasteiger charge is 2.13. The largest absolute Gasteiger partial charge is 0.383 e. The van der Waals surface area contributed by atoms with Gasteiger partial charge in [0.1, 0.15) is 10.3 Å². The maximum absolute atomic E-state index is 12.3. The second kappa shape index (κ2) is 7.85. The number of amides is 1. The highest BCUT2D eigenvalue weighted by atomic mass is 32.1. The fraction of sp³-hybridized carbons (Fsp3) is 0.235. The second-order valence-electron chi connectivity index (χ2n) is 5.11. The number of rotatable bonds is 7. The molecule has 0 aliphatic heterocycles. The molecule has 0 bridgehead atoms. The molecule has 0 spiro atoms. The van der Waals surface area contributed by atoms with Crippen LogP contribution in [0.2, 0.25) is 0 Å². The maximum atomic E-state index is 12.3. The van der Waals surface area contributed by atoms with E-state index in [1.165, 1.54) is 11.3 Å². The van der Waals surface area contributed by atoms with Crippen molar-refractivity contribution in [1.29, 1.82) is 0 Å². The number of nitrogens with zero attached hydrogens (tertiary/aromatic N) is 2. The van der Waals surface area contributed by atoms with Crippen LogP contribution in [0, 0.1) is 0 Å². The summed E-state index contributed by atoms with van der Waals surface area (Å²) >= 11 is 1.30. The lowest BCUT2D eigenvalue weighted by molar-refractivity contribution is 0.0951. The molecule has 0 radical (unpaired) electrons. The van der Waals surface area contributed by atoms with E-state index in [1.807, 2.05) is 36.4 Å². The molecule has 2 N–H and O–H groups in total. The zero-order valence-corrected chi connectivity index (χ0v) is 14.1. The molecule has 1 amide bonds. The van der Waals surface area contributed by atoms with Crippen molar-refractivity contribution in [1.82, 2.24) is 15.3 Å². The summed E-state index contributed by atoms with van der Waals surface area (Å²) in [5.74, 6) is -0.190. The molecule has 2 heterocycles. The van der Waals surface area contributed by atoms with Crippen LogP contribution < -0.4 is 10.6 Å². The molecule has 0 aliphatic rings. The zero-order chi connectivity index (χ0) is 16.8. The summed E-state index contributed by atoms with van der Waals surface area (Å²) in [5.41, 5.74) is 2.75. The van der Waals surface area contributed by atoms with Crippen molar-refractivity contribution in [3.8, 4) is 0 Å². The molecule has 6 nitrogen and oxygen atoms in total. The van der Waals surface area contributed by atoms with Crippen LogP contribution in [-0.4, -0.2) is 36.1 Å². The summed E-state index contributed by atoms with van der Waals surface area (Å²) in [7, 11) is 1.67. The number of carbonyl (C=O) groups is 1. The van der Waals surface area contributed by atoms with Crippen LogP contribution in [-0.2, 0) is 11.3 Å². The van der Waals surface area contributed by atoms with Crippen molar-refractivity contribution < 1.29 is 9.53 Å². The molecule has 0 aliphatic carbocycles. The minimum atomic E-state index is -0.190. The molecule has 0 unspecified atom stereocenters. The van der Waals surface area contributed by atoms with Crippen LogP contribution in [0.3, 0.4) is 0 Å². The van der Waals surface area contributed by atoms with Gasteiger partial charge in [-0.15, -0.1) is 0 Å². The van der Waals surface area contributed by atoms with Crippen molar-refractivity contribution in [2.24, 2.45) is 0 Å². The van der Waals surface area contributed by atoms with E-state index in [9.17, 15) is 4.79 Å². The van der Waals surface area contributed by atoms with E-state index >= 15 is 0 Å². The highest BCUT2D eigenvalue weighted by molar-refractivity contribution is 7.19. The Morgan fingerprint density at radius 3 is 2.96 bits per heavy atom. The summed E-state index contributed by atoms with van der Waals surface area (Å²) < 4.78 is 5.04. The van der Waals surface area contributed by atoms with Gasteiger partial charge in [0.15, 0.2) is 5.01 Å². The Morgan fingerprint density at radius 2 is 2.12 bits per heavy atom. The summed E-state index contributed by atoms with van der Waals surface area (Å²) in [4.78, 5) is 21.6. The first kappa shape index (κ1) is 16.4. The molecule has 7 heteroatoms. The highest BCUT2D eigenvalue weighted by Crippen LogP contribution is 2.19. The third kappa shape index (κ3) is 3.87. The van der Waals surface area contributed by atoms with Crippen LogP contribution in [0.1, 0.15) is 15.4 Å². The molecule has 0 atom stereocenters. The Bertz CT molecular complexity index is 801. The van der Waals surface area contributed by atoms with Crippen molar-refractivity contribution in [2.45, 2.75) is 6.54 Å². The molecule has 3 rings (SSSR count). The van der Waals surface area contributed by atoms with E-state index in [0.29, 0.717) is 24.7 Å². The molecular weight excluding hydrogens is 324 g/mol. The second-order valence-corrected chi connectivity index (χ2v) is 6.08. The number of anilines is 1. The lowest BCUT2D eigenvalue weighted by Gasteiger charge is -2.12. The normalized spacial score (nSPS) is 10.7. The van der Waals surface area contributed by atoms with Gasteiger partial charge in [0, 0.05) is 32.1 Å². The maximum Gasteiger partial charge on any atom is 0.280 e. The van der Waals surface area contributed by atoms with E-state index < -0.39 is 0 Å². The van der Waals surface area contributed by atoms with E-state index in [0.717, 1.165) is 21.6 Å². The van der Waals surface area contributed by atoms with Gasteiger partial charge >= 0.3 is 0 Å². The number of carbonyl (C=O) groups excluding carboxylic acids is 1. The summed E-state index contributed by atoms with van der Waals surface area (Å²) in [5, 5.41) is 6.64. The lowest BCUT2D eigenvalue weighted by Crippen LogP contribution is -2.23. The number of aromatic nitrogens is 2. The standard InChI is InChI=1S/C17H18N4O2S/c1-23-10-9-18-13-6-3-2-5-12(13)11-20-15(22)17-21-14-7-4-8-19-16(14)24-17/h2-8,18H,9-11H2,1H3,(H,20,22). The zero-order valence-electron chi connectivity index (χ0n) is 13.3. The van der Waals surface area contributed by atoms with E-state index in [4.69, 9.17) is 4.74 Å². The number of ether oxygens (including phenoxy) is 1. The van der Waals surface area contributed by atoms with Gasteiger partial charge in [-0.2, -0.15) is 0 Å². The minimum Gasteiger partial charge on any atom is -0.383 e. The smallest absolute Gasteiger partial charge is 0.280 e. The first-order valence-corrected chi connectivity index (χ1v) is 8.40. The number of fused-ring (bicyclic) bond motifs is 1. The lowest BCUT2D eigenvalue weighted by atomic mass is 10.1. The van der Waals surface area contributed by atoms with E-state index in [1.54, 1.807) is 13.3 Å². The van der Waals surface area contributed by atoms with Crippen LogP contribution in [0.15, 0.2) is 42.6 Å². The average molecular weight is 342 g/mol. The Balaban J connectivity index is 1.65. The Labute approximate surface area is 143 Å². The van der Waals surface area contributed by atoms with Crippen molar-refractivity contribution >= 4 is 33.3 Å². The number of hydrogen-bond donors (Lipinski definition) is 2. The van der Waals surface area contributed by atoms with Gasteiger partial charge in [0.2, 0.25) is 0 Å². The number of para-hydroxylation sites is 1. The molecular formula is C17H18N4O2S. The van der Waals surface area contributed by atoms with Crippen LogP contribution in [0.5, 0.6) is 0 Å². The number of hydrogen-bond acceptors (Lipinski definition) is 6. The van der Waals surface area contributed by atoms with Crippen molar-refractivity contribution in [3.63, 3.8) is 0 Å². The summed E-state index contributed by atoms with van der Waals surface area (Å²) in [6, 6.07) is 11.5. The molecule has 0 saturated heterocycles. The monoisotopic (exact) mass is 342 g/mol. The molecule has 0 saturated carbocycles. The molecule has 24 heavy (non-hydrogen) atoms. The SMILES string of the molecule is COCCNc1ccccc1CNC(=O)c1nc2cccnc2s1. The van der Waals surface area contributed by atoms with Crippen LogP contribution >= 0.6 is 11.3 Å². The first-order valence-electron chi connectivity index (χ1n) is 7.58. The van der Waals surface area contributed by atoms with Crippen LogP contribution in [0.25, 0.3) is 10.3 Å². The van der Waals surface area contributed by atoms with Crippen molar-refractivity contribution in [3.05, 3.63) is 53.2 Å². The van der Waals surface area contributed by atoms with Crippen LogP contribution in [0.4, 0.5) is 5.69 Å². The number of pyridine rings is 1. The Hall–Kier alpha value is -2.51. The fourth-order valence-corrected chi connectivity index (χ4v) is 3.08. The molecule has 2 aromatic heterocycles. The first-order chi connectivity index (χ1) is 11.8. The van der Waals surface area contributed by atoms with Gasteiger partial charge in [-0.1, -0.05) is 29.5 Å². The predicted octanol–water partition coefficient (Wildman–Crippen LogP) is 2.68. The number of methoxy groups -OCH3 is 1. The number of thiazole rings is 1. The number of nitrogens with one attached hydrogen (secondary N) is 2. The molecule has 3 aromatic rings. The number of benzene rings is 1. The van der Waals surface area contributed by atoms with Gasteiger partial charge in [0.05, 0.1) is 6.61 Å². The molecule has 124 valence electrons. The summed E-state index contributed by atoms with van der Waals surface area (Å²) in [6.07, 6.45) is 1.70. The van der Waals surface area contributed by atoms with Gasteiger partial charge in [-0.25, -0.2) is 9.97 Å². The van der Waals surface area contributed by atoms with Gasteiger partial charge < -0.3 is 15.4 Å². The van der Waals surface area contributed by atoms with Gasteiger partial charge in [-0.3, -0.25) is 4.79 Å². The third-order valence-electron chi connectivity index (χ3n) is 3.44. The topological polar surface area (TPSA) is 76.1 Å². The van der Waals surface area contributed by atoms with E-state index in [-0.39, 0.29) is 5.91 Å². The quantitative estimate of drug-likeness (QED) is 0.646. The van der Waals surface area contributed by atoms with Gasteiger partial charge in [-0.05, 0) is 23.8 Å². The van der Waals surface area contributed by atoms with Gasteiger partial charge in [0.25, 0.3) is 5.91 Å². The summed E-state index contributed by atoms with van der Waals surface area (Å²) in [6.45, 7) is 1.77. The van der Waals surface area contributed by atoms with E-state index in [2.05, 4.69) is 20.6 Å². The minimum absolute atomic E-state index is 0.190. The third-order valence-corrected chi connectivity index (χ3v) is 4.42. The predicted molar refractivity (Wildman–Crippen MR) is 95.4 cm³/mol. The Morgan fingerprint density at radius 1 is 1.25 bits per heavy atom. The fourth-order valence-electron chi connectivity index (χ4n) is 2.25. The van der Waals surface area contributed by atoms with Crippen molar-refractivity contribution in [2.75, 3.05) is 25.6 Å². The molecule has 0 fully saturated rings. The molecule has 1 aromatic carbocycles.